The summed E-state index contributed by atoms with van der Waals surface area (Å²) in [5.74, 6) is 0.793. The summed E-state index contributed by atoms with van der Waals surface area (Å²) in [5, 5.41) is 9.89. The summed E-state index contributed by atoms with van der Waals surface area (Å²) in [7, 11) is 0. The van der Waals surface area contributed by atoms with Gasteiger partial charge in [0.2, 0.25) is 5.78 Å². The average Bonchev–Trinajstić information content (AvgIpc) is 3.34. The van der Waals surface area contributed by atoms with E-state index in [-0.39, 0.29) is 17.1 Å². The van der Waals surface area contributed by atoms with Gasteiger partial charge in [0.1, 0.15) is 0 Å². The van der Waals surface area contributed by atoms with Gasteiger partial charge in [-0.15, -0.1) is 16.8 Å². The molecule has 0 spiro atoms. The van der Waals surface area contributed by atoms with Crippen LogP contribution in [0.3, 0.4) is 0 Å². The third-order valence-electron chi connectivity index (χ3n) is 5.73. The van der Waals surface area contributed by atoms with Gasteiger partial charge in [-0.3, -0.25) is 18.6 Å². The normalized spacial score (nSPS) is 11.5. The number of hydrogen-bond donors (Lipinski definition) is 0. The number of nitrogens with zero attached hydrogens (tertiary/aromatic N) is 5. The lowest BCUT2D eigenvalue weighted by molar-refractivity contribution is 0.102. The van der Waals surface area contributed by atoms with Crippen molar-refractivity contribution < 1.29 is 4.79 Å². The molecule has 0 saturated heterocycles. The van der Waals surface area contributed by atoms with Crippen LogP contribution in [0.25, 0.3) is 16.7 Å². The molecule has 7 nitrogen and oxygen atoms in total. The predicted octanol–water partition coefficient (Wildman–Crippen LogP) is 4.42. The number of hydrogen-bond acceptors (Lipinski definition) is 5. The minimum Gasteiger partial charge on any atom is -0.345 e. The Bertz CT molecular complexity index is 1380. The summed E-state index contributed by atoms with van der Waals surface area (Å²) < 4.78 is 5.66. The maximum atomic E-state index is 13.0. The van der Waals surface area contributed by atoms with Crippen LogP contribution < -0.4 is 5.56 Å². The van der Waals surface area contributed by atoms with Gasteiger partial charge in [-0.05, 0) is 38.5 Å². The van der Waals surface area contributed by atoms with E-state index >= 15 is 0 Å². The summed E-state index contributed by atoms with van der Waals surface area (Å²) in [6, 6.07) is 9.41. The Morgan fingerprint density at radius 1 is 1.19 bits per heavy atom. The van der Waals surface area contributed by atoms with Crippen LogP contribution in [0.1, 0.15) is 41.5 Å². The molecule has 3 heterocycles. The highest BCUT2D eigenvalue weighted by Gasteiger charge is 2.19. The van der Waals surface area contributed by atoms with Crippen LogP contribution >= 0.6 is 11.8 Å². The van der Waals surface area contributed by atoms with Crippen molar-refractivity contribution in [2.45, 2.75) is 51.9 Å². The van der Waals surface area contributed by atoms with Crippen molar-refractivity contribution in [1.82, 2.24) is 23.7 Å². The quantitative estimate of drug-likeness (QED) is 0.215. The number of ketones is 1. The van der Waals surface area contributed by atoms with Gasteiger partial charge in [0.25, 0.3) is 5.56 Å². The van der Waals surface area contributed by atoms with E-state index in [1.54, 1.807) is 4.57 Å². The highest BCUT2D eigenvalue weighted by molar-refractivity contribution is 7.99. The third-order valence-corrected chi connectivity index (χ3v) is 6.66. The molecule has 0 radical (unpaired) electrons. The van der Waals surface area contributed by atoms with E-state index in [0.717, 1.165) is 35.3 Å². The van der Waals surface area contributed by atoms with Crippen LogP contribution in [-0.4, -0.2) is 35.3 Å². The van der Waals surface area contributed by atoms with E-state index in [1.165, 1.54) is 11.8 Å². The number of fused-ring (bicyclic) bond motifs is 3. The number of carbonyl (C=O) groups is 1. The van der Waals surface area contributed by atoms with Crippen molar-refractivity contribution in [3.63, 3.8) is 0 Å². The number of aromatic nitrogens is 5. The predicted molar refractivity (Wildman–Crippen MR) is 129 cm³/mol. The fourth-order valence-electron chi connectivity index (χ4n) is 4.05. The molecule has 0 aliphatic heterocycles. The first-order valence-corrected chi connectivity index (χ1v) is 11.8. The Hall–Kier alpha value is -3.13. The van der Waals surface area contributed by atoms with Crippen molar-refractivity contribution >= 4 is 34.2 Å². The SMILES string of the molecule is C=CCn1c(C)cc(C(=O)CSc2nnc3n(CCCC)c(=O)c4ccccc4n23)c1C. The number of allylic oxidation sites excluding steroid dienone is 1. The number of para-hydroxylation sites is 1. The van der Waals surface area contributed by atoms with Crippen molar-refractivity contribution in [2.75, 3.05) is 5.75 Å². The number of carbonyl (C=O) groups excluding carboxylic acids is 1. The standard InChI is InChI=1S/C24H27N5O2S/c1-5-7-13-28-22(31)18-10-8-9-11-20(18)29-23(28)25-26-24(29)32-15-21(30)19-14-16(3)27(12-6-2)17(19)4/h6,8-11,14H,2,5,7,12-13,15H2,1,3-4H3. The molecule has 0 aliphatic rings. The first-order valence-electron chi connectivity index (χ1n) is 10.8. The van der Waals surface area contributed by atoms with Gasteiger partial charge in [0.05, 0.1) is 16.7 Å². The van der Waals surface area contributed by atoms with E-state index in [0.29, 0.717) is 29.4 Å². The molecular weight excluding hydrogens is 422 g/mol. The molecule has 0 amide bonds. The minimum atomic E-state index is -0.0590. The lowest BCUT2D eigenvalue weighted by Crippen LogP contribution is -2.23. The van der Waals surface area contributed by atoms with Gasteiger partial charge < -0.3 is 4.57 Å². The summed E-state index contributed by atoms with van der Waals surface area (Å²) in [6.07, 6.45) is 3.68. The van der Waals surface area contributed by atoms with E-state index in [9.17, 15) is 9.59 Å². The van der Waals surface area contributed by atoms with Gasteiger partial charge in [-0.25, -0.2) is 0 Å². The van der Waals surface area contributed by atoms with Crippen molar-refractivity contribution in [2.24, 2.45) is 0 Å². The Kier molecular flexibility index (Phi) is 6.32. The van der Waals surface area contributed by atoms with Gasteiger partial charge in [-0.1, -0.05) is 43.3 Å². The summed E-state index contributed by atoms with van der Waals surface area (Å²) in [6.45, 7) is 11.1. The smallest absolute Gasteiger partial charge is 0.262 e. The van der Waals surface area contributed by atoms with Crippen molar-refractivity contribution in [3.8, 4) is 0 Å². The first-order chi connectivity index (χ1) is 15.5. The molecule has 3 aromatic heterocycles. The maximum Gasteiger partial charge on any atom is 0.262 e. The fourth-order valence-corrected chi connectivity index (χ4v) is 4.87. The Morgan fingerprint density at radius 2 is 1.97 bits per heavy atom. The van der Waals surface area contributed by atoms with Crippen LogP contribution in [0.15, 0.2) is 52.9 Å². The highest BCUT2D eigenvalue weighted by atomic mass is 32.2. The zero-order valence-electron chi connectivity index (χ0n) is 18.7. The molecule has 0 unspecified atom stereocenters. The van der Waals surface area contributed by atoms with Crippen LogP contribution in [0.5, 0.6) is 0 Å². The third kappa shape index (κ3) is 3.79. The number of rotatable bonds is 9. The molecule has 8 heteroatoms. The number of Topliss-reactive ketones (excluding diaryl/α,β-unsaturated/α-hetero) is 1. The molecule has 0 aliphatic carbocycles. The molecule has 1 aromatic carbocycles. The largest absolute Gasteiger partial charge is 0.345 e. The lowest BCUT2D eigenvalue weighted by atomic mass is 10.2. The monoisotopic (exact) mass is 449 g/mol. The molecule has 4 aromatic rings. The van der Waals surface area contributed by atoms with Crippen LogP contribution in [0.2, 0.25) is 0 Å². The molecule has 0 N–H and O–H groups in total. The Balaban J connectivity index is 1.71. The summed E-state index contributed by atoms with van der Waals surface area (Å²) >= 11 is 1.34. The molecular formula is C24H27N5O2S. The minimum absolute atomic E-state index is 0.0405. The number of unbranched alkanes of at least 4 members (excludes halogenated alkanes) is 1. The van der Waals surface area contributed by atoms with Crippen molar-refractivity contribution in [1.29, 1.82) is 0 Å². The second-order valence-corrected chi connectivity index (χ2v) is 8.78. The van der Waals surface area contributed by atoms with E-state index in [1.807, 2.05) is 54.7 Å². The molecule has 4 rings (SSSR count). The van der Waals surface area contributed by atoms with Crippen LogP contribution in [-0.2, 0) is 13.1 Å². The van der Waals surface area contributed by atoms with E-state index in [4.69, 9.17) is 0 Å². The zero-order chi connectivity index (χ0) is 22.8. The molecule has 0 bridgehead atoms. The average molecular weight is 450 g/mol. The lowest BCUT2D eigenvalue weighted by Gasteiger charge is -2.10. The zero-order valence-corrected chi connectivity index (χ0v) is 19.5. The first kappa shape index (κ1) is 22.1. The maximum absolute atomic E-state index is 13.0. The van der Waals surface area contributed by atoms with Gasteiger partial charge in [-0.2, -0.15) is 0 Å². The second kappa shape index (κ2) is 9.16. The van der Waals surface area contributed by atoms with Gasteiger partial charge in [0.15, 0.2) is 10.9 Å². The van der Waals surface area contributed by atoms with Crippen LogP contribution in [0.4, 0.5) is 0 Å². The molecule has 32 heavy (non-hydrogen) atoms. The van der Waals surface area contributed by atoms with Crippen molar-refractivity contribution in [3.05, 3.63) is 70.3 Å². The molecule has 0 atom stereocenters. The number of aryl methyl sites for hydroxylation is 2. The Morgan fingerprint density at radius 3 is 2.72 bits per heavy atom. The van der Waals surface area contributed by atoms with Gasteiger partial charge >= 0.3 is 0 Å². The van der Waals surface area contributed by atoms with E-state index in [2.05, 4.69) is 28.3 Å². The molecule has 166 valence electrons. The fraction of sp³-hybridized carbons (Fsp3) is 0.333. The van der Waals surface area contributed by atoms with Gasteiger partial charge in [0, 0.05) is 30.0 Å². The van der Waals surface area contributed by atoms with Crippen LogP contribution in [0, 0.1) is 13.8 Å². The highest BCUT2D eigenvalue weighted by Crippen LogP contribution is 2.24. The number of benzene rings is 1. The summed E-state index contributed by atoms with van der Waals surface area (Å²) in [5.41, 5.74) is 3.39. The summed E-state index contributed by atoms with van der Waals surface area (Å²) in [4.78, 5) is 26.1. The second-order valence-electron chi connectivity index (χ2n) is 7.84. The number of thioether (sulfide) groups is 1. The topological polar surface area (TPSA) is 74.2 Å². The Labute approximate surface area is 190 Å². The molecule has 0 fully saturated rings. The molecule has 0 saturated carbocycles. The van der Waals surface area contributed by atoms with E-state index < -0.39 is 0 Å².